The number of carbonyl (C=O) groups is 1. The molecule has 1 aromatic heterocycles. The van der Waals surface area contributed by atoms with Gasteiger partial charge < -0.3 is 9.88 Å². The Morgan fingerprint density at radius 2 is 2.00 bits per heavy atom. The summed E-state index contributed by atoms with van der Waals surface area (Å²) in [5, 5.41) is 22.5. The summed E-state index contributed by atoms with van der Waals surface area (Å²) < 4.78 is 16.1. The lowest BCUT2D eigenvalue weighted by atomic mass is 10.2. The number of amides is 1. The van der Waals surface area contributed by atoms with Gasteiger partial charge in [0.15, 0.2) is 11.0 Å². The number of aromatic nitrogens is 3. The fourth-order valence-electron chi connectivity index (χ4n) is 2.99. The fourth-order valence-corrected chi connectivity index (χ4v) is 3.73. The number of anilines is 1. The number of hydrogen-bond acceptors (Lipinski definition) is 6. The van der Waals surface area contributed by atoms with Crippen LogP contribution in [0.3, 0.4) is 0 Å². The predicted molar refractivity (Wildman–Crippen MR) is 117 cm³/mol. The number of thioether (sulfide) groups is 1. The van der Waals surface area contributed by atoms with Crippen LogP contribution in [0.2, 0.25) is 0 Å². The summed E-state index contributed by atoms with van der Waals surface area (Å²) >= 11 is 1.20. The van der Waals surface area contributed by atoms with E-state index in [1.54, 1.807) is 25.1 Å². The number of hydrogen-bond donors (Lipinski definition) is 1. The van der Waals surface area contributed by atoms with E-state index in [1.807, 2.05) is 18.4 Å². The molecule has 0 atom stereocenters. The molecule has 0 aliphatic rings. The summed E-state index contributed by atoms with van der Waals surface area (Å²) in [5.41, 5.74) is 1.42. The highest BCUT2D eigenvalue weighted by Crippen LogP contribution is 2.27. The average Bonchev–Trinajstić information content (AvgIpc) is 3.09. The van der Waals surface area contributed by atoms with E-state index in [-0.39, 0.29) is 29.1 Å². The molecule has 0 saturated carbocycles. The van der Waals surface area contributed by atoms with E-state index >= 15 is 0 Å². The summed E-state index contributed by atoms with van der Waals surface area (Å²) in [6.07, 6.45) is 0. The molecule has 1 heterocycles. The Bertz CT molecular complexity index is 1120. The van der Waals surface area contributed by atoms with Crippen molar-refractivity contribution in [2.45, 2.75) is 32.5 Å². The van der Waals surface area contributed by atoms with Crippen molar-refractivity contribution in [2.75, 3.05) is 11.1 Å². The second-order valence-corrected chi connectivity index (χ2v) is 8.33. The quantitative estimate of drug-likeness (QED) is 0.308. The van der Waals surface area contributed by atoms with E-state index in [1.165, 1.54) is 36.0 Å². The highest BCUT2D eigenvalue weighted by molar-refractivity contribution is 7.99. The van der Waals surface area contributed by atoms with Crippen molar-refractivity contribution in [3.8, 4) is 11.4 Å². The Morgan fingerprint density at radius 1 is 1.26 bits per heavy atom. The smallest absolute Gasteiger partial charge is 0.269 e. The predicted octanol–water partition coefficient (Wildman–Crippen LogP) is 4.69. The lowest BCUT2D eigenvalue weighted by Gasteiger charge is -2.13. The summed E-state index contributed by atoms with van der Waals surface area (Å²) in [7, 11) is 0. The number of nitro benzene ring substituents is 1. The molecule has 10 heteroatoms. The van der Waals surface area contributed by atoms with Crippen molar-refractivity contribution in [3.05, 3.63) is 64.0 Å². The van der Waals surface area contributed by atoms with Gasteiger partial charge in [0.1, 0.15) is 5.82 Å². The molecule has 3 rings (SSSR count). The number of rotatable bonds is 8. The lowest BCUT2D eigenvalue weighted by molar-refractivity contribution is -0.384. The summed E-state index contributed by atoms with van der Waals surface area (Å²) in [6, 6.07) is 10.6. The molecule has 0 fully saturated rings. The van der Waals surface area contributed by atoms with Gasteiger partial charge in [-0.2, -0.15) is 0 Å². The fraction of sp³-hybridized carbons (Fsp3) is 0.286. The molecule has 2 aromatic carbocycles. The molecule has 162 valence electrons. The van der Waals surface area contributed by atoms with Crippen LogP contribution in [0.5, 0.6) is 0 Å². The molecule has 8 nitrogen and oxygen atoms in total. The largest absolute Gasteiger partial charge is 0.325 e. The normalized spacial score (nSPS) is 11.0. The molecule has 0 aliphatic heterocycles. The number of carbonyl (C=O) groups excluding carboxylic acids is 1. The molecule has 0 bridgehead atoms. The highest BCUT2D eigenvalue weighted by Gasteiger charge is 2.19. The number of nitro groups is 1. The molecule has 0 unspecified atom stereocenters. The van der Waals surface area contributed by atoms with Crippen LogP contribution in [-0.2, 0) is 11.3 Å². The Morgan fingerprint density at radius 3 is 2.65 bits per heavy atom. The molecule has 1 N–H and O–H groups in total. The van der Waals surface area contributed by atoms with E-state index in [0.717, 1.165) is 0 Å². The minimum atomic E-state index is -0.483. The van der Waals surface area contributed by atoms with Gasteiger partial charge in [-0.15, -0.1) is 10.2 Å². The van der Waals surface area contributed by atoms with Crippen LogP contribution in [-0.4, -0.2) is 31.3 Å². The van der Waals surface area contributed by atoms with E-state index < -0.39 is 4.92 Å². The molecular formula is C21H22FN5O3S. The molecule has 1 amide bonds. The molecular weight excluding hydrogens is 421 g/mol. The number of nitrogens with zero attached hydrogens (tertiary/aromatic N) is 4. The van der Waals surface area contributed by atoms with Crippen LogP contribution < -0.4 is 5.32 Å². The van der Waals surface area contributed by atoms with Crippen LogP contribution >= 0.6 is 11.8 Å². The zero-order valence-electron chi connectivity index (χ0n) is 17.3. The number of non-ortho nitro benzene ring substituents is 1. The first-order chi connectivity index (χ1) is 14.8. The third kappa shape index (κ3) is 5.46. The minimum Gasteiger partial charge on any atom is -0.325 e. The average molecular weight is 444 g/mol. The van der Waals surface area contributed by atoms with Gasteiger partial charge in [-0.25, -0.2) is 4.39 Å². The van der Waals surface area contributed by atoms with Gasteiger partial charge in [0.25, 0.3) is 5.69 Å². The second kappa shape index (κ2) is 9.69. The monoisotopic (exact) mass is 443 g/mol. The molecule has 0 saturated heterocycles. The van der Waals surface area contributed by atoms with Crippen LogP contribution in [0.25, 0.3) is 11.4 Å². The van der Waals surface area contributed by atoms with Crippen LogP contribution in [0, 0.1) is 28.8 Å². The maximum atomic E-state index is 14.3. The van der Waals surface area contributed by atoms with Crippen molar-refractivity contribution < 1.29 is 14.1 Å². The van der Waals surface area contributed by atoms with Crippen molar-refractivity contribution >= 4 is 29.0 Å². The Labute approximate surface area is 183 Å². The lowest BCUT2D eigenvalue weighted by Crippen LogP contribution is -2.16. The molecule has 3 aromatic rings. The number of aryl methyl sites for hydroxylation is 1. The van der Waals surface area contributed by atoms with Gasteiger partial charge in [-0.3, -0.25) is 14.9 Å². The maximum absolute atomic E-state index is 14.3. The second-order valence-electron chi connectivity index (χ2n) is 7.38. The first-order valence-electron chi connectivity index (χ1n) is 9.62. The van der Waals surface area contributed by atoms with Crippen molar-refractivity contribution in [1.82, 2.24) is 14.8 Å². The van der Waals surface area contributed by atoms with E-state index in [0.29, 0.717) is 34.3 Å². The SMILES string of the molecule is Cc1cc([N+](=O)[O-])ccc1NC(=O)CSc1nnc(-c2ccccc2F)n1CC(C)C. The number of halogens is 1. The first-order valence-corrected chi connectivity index (χ1v) is 10.6. The van der Waals surface area contributed by atoms with E-state index in [2.05, 4.69) is 15.5 Å². The molecule has 0 aliphatic carbocycles. The number of nitrogens with one attached hydrogen (secondary N) is 1. The van der Waals surface area contributed by atoms with E-state index in [9.17, 15) is 19.3 Å². The van der Waals surface area contributed by atoms with Gasteiger partial charge in [0.05, 0.1) is 16.2 Å². The van der Waals surface area contributed by atoms with Crippen LogP contribution in [0.1, 0.15) is 19.4 Å². The maximum Gasteiger partial charge on any atom is 0.269 e. The van der Waals surface area contributed by atoms with Crippen molar-refractivity contribution in [1.29, 1.82) is 0 Å². The Hall–Kier alpha value is -3.27. The van der Waals surface area contributed by atoms with Crippen LogP contribution in [0.15, 0.2) is 47.6 Å². The topological polar surface area (TPSA) is 103 Å². The Kier molecular flexibility index (Phi) is 7.01. The Balaban J connectivity index is 1.75. The zero-order valence-corrected chi connectivity index (χ0v) is 18.1. The summed E-state index contributed by atoms with van der Waals surface area (Å²) in [5.74, 6) is 0.0685. The molecule has 0 radical (unpaired) electrons. The van der Waals surface area contributed by atoms with E-state index in [4.69, 9.17) is 0 Å². The molecule has 0 spiro atoms. The molecule has 31 heavy (non-hydrogen) atoms. The van der Waals surface area contributed by atoms with Gasteiger partial charge in [-0.1, -0.05) is 37.7 Å². The summed E-state index contributed by atoms with van der Waals surface area (Å²) in [6.45, 7) is 6.32. The van der Waals surface area contributed by atoms with Gasteiger partial charge >= 0.3 is 0 Å². The minimum absolute atomic E-state index is 0.0349. The van der Waals surface area contributed by atoms with Crippen LogP contribution in [0.4, 0.5) is 15.8 Å². The van der Waals surface area contributed by atoms with Gasteiger partial charge in [-0.05, 0) is 36.6 Å². The zero-order chi connectivity index (χ0) is 22.5. The summed E-state index contributed by atoms with van der Waals surface area (Å²) in [4.78, 5) is 22.8. The standard InChI is InChI=1S/C21H22FN5O3S/c1-13(2)11-26-20(16-6-4-5-7-17(16)22)24-25-21(26)31-12-19(28)23-18-9-8-15(27(29)30)10-14(18)3/h4-10,13H,11-12H2,1-3H3,(H,23,28). The van der Waals surface area contributed by atoms with Gasteiger partial charge in [0, 0.05) is 24.4 Å². The number of benzene rings is 2. The van der Waals surface area contributed by atoms with Crippen molar-refractivity contribution in [2.24, 2.45) is 5.92 Å². The first kappa shape index (κ1) is 22.4. The van der Waals surface area contributed by atoms with Crippen molar-refractivity contribution in [3.63, 3.8) is 0 Å². The van der Waals surface area contributed by atoms with Gasteiger partial charge in [0.2, 0.25) is 5.91 Å². The third-order valence-electron chi connectivity index (χ3n) is 4.41. The third-order valence-corrected chi connectivity index (χ3v) is 5.37. The highest BCUT2D eigenvalue weighted by atomic mass is 32.2.